The van der Waals surface area contributed by atoms with Crippen LogP contribution in [0.25, 0.3) is 0 Å². The molecule has 1 aliphatic heterocycles. The van der Waals surface area contributed by atoms with Crippen LogP contribution in [0.5, 0.6) is 0 Å². The Bertz CT molecular complexity index is 425. The molecule has 1 aromatic carbocycles. The maximum Gasteiger partial charge on any atom is 0.234 e. The van der Waals surface area contributed by atoms with Crippen molar-refractivity contribution in [3.05, 3.63) is 34.9 Å². The Morgan fingerprint density at radius 2 is 2.39 bits per heavy atom. The molecule has 1 saturated heterocycles. The summed E-state index contributed by atoms with van der Waals surface area (Å²) in [6.07, 6.45) is 0.465. The quantitative estimate of drug-likeness (QED) is 0.857. The van der Waals surface area contributed by atoms with Gasteiger partial charge in [0.1, 0.15) is 0 Å². The predicted octanol–water partition coefficient (Wildman–Crippen LogP) is 1.02. The van der Waals surface area contributed by atoms with Crippen LogP contribution in [-0.2, 0) is 11.3 Å². The summed E-state index contributed by atoms with van der Waals surface area (Å²) in [5, 5.41) is 12.9. The Morgan fingerprint density at radius 3 is 3.06 bits per heavy atom. The van der Waals surface area contributed by atoms with Gasteiger partial charge in [0.05, 0.1) is 12.6 Å². The van der Waals surface area contributed by atoms with E-state index >= 15 is 0 Å². The molecule has 0 bridgehead atoms. The highest BCUT2D eigenvalue weighted by Crippen LogP contribution is 2.10. The second-order valence-electron chi connectivity index (χ2n) is 4.58. The number of carbonyl (C=O) groups excluding carboxylic acids is 1. The van der Waals surface area contributed by atoms with Crippen LogP contribution in [0.15, 0.2) is 24.3 Å². The summed E-state index contributed by atoms with van der Waals surface area (Å²) < 4.78 is 0. The molecule has 0 saturated carbocycles. The van der Waals surface area contributed by atoms with Crippen LogP contribution in [0.1, 0.15) is 12.0 Å². The number of β-amino-alcohol motifs (C(OH)–C–C–N with tert-alkyl or cyclic N) is 1. The molecule has 0 unspecified atom stereocenters. The fraction of sp³-hybridized carbons (Fsp3) is 0.462. The van der Waals surface area contributed by atoms with Crippen molar-refractivity contribution in [2.45, 2.75) is 19.1 Å². The Morgan fingerprint density at radius 1 is 1.56 bits per heavy atom. The molecule has 0 aliphatic carbocycles. The number of hydrogen-bond acceptors (Lipinski definition) is 3. The molecule has 1 aromatic rings. The third-order valence-corrected chi connectivity index (χ3v) is 3.23. The van der Waals surface area contributed by atoms with Crippen molar-refractivity contribution in [2.24, 2.45) is 0 Å². The van der Waals surface area contributed by atoms with E-state index in [-0.39, 0.29) is 12.0 Å². The highest BCUT2D eigenvalue weighted by molar-refractivity contribution is 6.30. The first-order valence-corrected chi connectivity index (χ1v) is 6.43. The van der Waals surface area contributed by atoms with Gasteiger partial charge in [0.15, 0.2) is 0 Å². The molecule has 0 radical (unpaired) electrons. The van der Waals surface area contributed by atoms with Gasteiger partial charge < -0.3 is 10.4 Å². The van der Waals surface area contributed by atoms with E-state index in [4.69, 9.17) is 11.6 Å². The van der Waals surface area contributed by atoms with Crippen molar-refractivity contribution in [1.29, 1.82) is 0 Å². The van der Waals surface area contributed by atoms with Crippen LogP contribution in [0.2, 0.25) is 5.02 Å². The zero-order chi connectivity index (χ0) is 13.0. The molecule has 98 valence electrons. The third-order valence-electron chi connectivity index (χ3n) is 2.99. The normalized spacial score (nSPS) is 20.0. The van der Waals surface area contributed by atoms with Gasteiger partial charge in [0.2, 0.25) is 5.91 Å². The fourth-order valence-electron chi connectivity index (χ4n) is 2.06. The molecule has 1 aliphatic rings. The largest absolute Gasteiger partial charge is 0.392 e. The predicted molar refractivity (Wildman–Crippen MR) is 70.4 cm³/mol. The van der Waals surface area contributed by atoms with Crippen LogP contribution < -0.4 is 5.32 Å². The van der Waals surface area contributed by atoms with E-state index in [1.165, 1.54) is 0 Å². The van der Waals surface area contributed by atoms with Crippen LogP contribution in [-0.4, -0.2) is 41.7 Å². The monoisotopic (exact) mass is 268 g/mol. The van der Waals surface area contributed by atoms with Gasteiger partial charge in [0, 0.05) is 24.7 Å². The molecule has 0 spiro atoms. The molecule has 1 amide bonds. The maximum atomic E-state index is 11.7. The van der Waals surface area contributed by atoms with E-state index in [0.29, 0.717) is 24.7 Å². The van der Waals surface area contributed by atoms with E-state index in [0.717, 1.165) is 18.5 Å². The van der Waals surface area contributed by atoms with Gasteiger partial charge in [-0.3, -0.25) is 9.69 Å². The maximum absolute atomic E-state index is 11.7. The number of halogens is 1. The number of rotatable bonds is 4. The Balaban J connectivity index is 1.75. The molecule has 4 nitrogen and oxygen atoms in total. The topological polar surface area (TPSA) is 52.6 Å². The summed E-state index contributed by atoms with van der Waals surface area (Å²) in [6, 6.07) is 7.42. The fourth-order valence-corrected chi connectivity index (χ4v) is 2.28. The van der Waals surface area contributed by atoms with E-state index in [9.17, 15) is 9.90 Å². The van der Waals surface area contributed by atoms with Crippen molar-refractivity contribution >= 4 is 17.5 Å². The summed E-state index contributed by atoms with van der Waals surface area (Å²) in [4.78, 5) is 13.7. The average Bonchev–Trinajstić information content (AvgIpc) is 2.72. The Hall–Kier alpha value is -1.10. The Kier molecular flexibility index (Phi) is 4.58. The molecule has 2 rings (SSSR count). The number of benzene rings is 1. The SMILES string of the molecule is O=C(CN1CC[C@H](O)C1)NCc1cccc(Cl)c1. The second-order valence-corrected chi connectivity index (χ2v) is 5.02. The van der Waals surface area contributed by atoms with Gasteiger partial charge in [-0.05, 0) is 24.1 Å². The Labute approximate surface area is 112 Å². The van der Waals surface area contributed by atoms with Crippen LogP contribution in [0.3, 0.4) is 0 Å². The number of aliphatic hydroxyl groups is 1. The van der Waals surface area contributed by atoms with E-state index in [2.05, 4.69) is 5.32 Å². The first-order valence-electron chi connectivity index (χ1n) is 6.05. The minimum atomic E-state index is -0.286. The van der Waals surface area contributed by atoms with Gasteiger partial charge in [-0.2, -0.15) is 0 Å². The number of carbonyl (C=O) groups is 1. The lowest BCUT2D eigenvalue weighted by atomic mass is 10.2. The standard InChI is InChI=1S/C13H17ClN2O2/c14-11-3-1-2-10(6-11)7-15-13(18)9-16-5-4-12(17)8-16/h1-3,6,12,17H,4-5,7-9H2,(H,15,18)/t12-/m0/s1. The lowest BCUT2D eigenvalue weighted by Crippen LogP contribution is -2.36. The van der Waals surface area contributed by atoms with Crippen molar-refractivity contribution in [3.63, 3.8) is 0 Å². The summed E-state index contributed by atoms with van der Waals surface area (Å²) in [5.41, 5.74) is 0.984. The molecule has 5 heteroatoms. The lowest BCUT2D eigenvalue weighted by molar-refractivity contribution is -0.122. The van der Waals surface area contributed by atoms with E-state index in [1.807, 2.05) is 23.1 Å². The molecule has 1 atom stereocenters. The molecule has 1 heterocycles. The smallest absolute Gasteiger partial charge is 0.234 e. The van der Waals surface area contributed by atoms with Crippen LogP contribution in [0.4, 0.5) is 0 Å². The van der Waals surface area contributed by atoms with Crippen LogP contribution in [0, 0.1) is 0 Å². The van der Waals surface area contributed by atoms with Crippen molar-refractivity contribution < 1.29 is 9.90 Å². The summed E-state index contributed by atoms with van der Waals surface area (Å²) in [5.74, 6) is -0.0240. The third kappa shape index (κ3) is 3.98. The lowest BCUT2D eigenvalue weighted by Gasteiger charge is -2.14. The summed E-state index contributed by atoms with van der Waals surface area (Å²) in [7, 11) is 0. The minimum absolute atomic E-state index is 0.0240. The number of hydrogen-bond donors (Lipinski definition) is 2. The molecule has 2 N–H and O–H groups in total. The number of amides is 1. The number of nitrogens with one attached hydrogen (secondary N) is 1. The summed E-state index contributed by atoms with van der Waals surface area (Å²) in [6.45, 7) is 2.20. The molecule has 1 fully saturated rings. The highest BCUT2D eigenvalue weighted by Gasteiger charge is 2.21. The van der Waals surface area contributed by atoms with Gasteiger partial charge in [0.25, 0.3) is 0 Å². The molecule has 18 heavy (non-hydrogen) atoms. The zero-order valence-electron chi connectivity index (χ0n) is 10.1. The van der Waals surface area contributed by atoms with Gasteiger partial charge in [-0.1, -0.05) is 23.7 Å². The van der Waals surface area contributed by atoms with Gasteiger partial charge in [-0.25, -0.2) is 0 Å². The van der Waals surface area contributed by atoms with E-state index in [1.54, 1.807) is 6.07 Å². The number of aliphatic hydroxyl groups excluding tert-OH is 1. The zero-order valence-corrected chi connectivity index (χ0v) is 10.9. The van der Waals surface area contributed by atoms with Crippen molar-refractivity contribution in [1.82, 2.24) is 10.2 Å². The number of likely N-dealkylation sites (tertiary alicyclic amines) is 1. The minimum Gasteiger partial charge on any atom is -0.392 e. The number of nitrogens with zero attached hydrogens (tertiary/aromatic N) is 1. The first kappa shape index (κ1) is 13.3. The van der Waals surface area contributed by atoms with Crippen molar-refractivity contribution in [3.8, 4) is 0 Å². The summed E-state index contributed by atoms with van der Waals surface area (Å²) >= 11 is 5.86. The first-order chi connectivity index (χ1) is 8.63. The highest BCUT2D eigenvalue weighted by atomic mass is 35.5. The van der Waals surface area contributed by atoms with Crippen LogP contribution >= 0.6 is 11.6 Å². The molecular formula is C13H17ClN2O2. The van der Waals surface area contributed by atoms with Gasteiger partial charge >= 0.3 is 0 Å². The van der Waals surface area contributed by atoms with Crippen molar-refractivity contribution in [2.75, 3.05) is 19.6 Å². The second kappa shape index (κ2) is 6.18. The molecule has 0 aromatic heterocycles. The van der Waals surface area contributed by atoms with E-state index < -0.39 is 0 Å². The molecular weight excluding hydrogens is 252 g/mol. The average molecular weight is 269 g/mol. The van der Waals surface area contributed by atoms with Gasteiger partial charge in [-0.15, -0.1) is 0 Å².